The lowest BCUT2D eigenvalue weighted by Gasteiger charge is -2.02. The fourth-order valence-electron chi connectivity index (χ4n) is 2.17. The second-order valence-electron chi connectivity index (χ2n) is 5.14. The Bertz CT molecular complexity index is 183. The third-order valence-corrected chi connectivity index (χ3v) is 3.67. The summed E-state index contributed by atoms with van der Waals surface area (Å²) in [5.74, 6) is -0.658. The number of rotatable bonds is 14. The monoisotopic (exact) mass is 269 g/mol. The molecule has 3 heteroatoms. The van der Waals surface area contributed by atoms with E-state index in [4.69, 9.17) is 5.11 Å². The molecular weight excluding hydrogens is 240 g/mol. The van der Waals surface area contributed by atoms with Gasteiger partial charge in [0.1, 0.15) is 0 Å². The Kier molecular flexibility index (Phi) is 14.5. The molecule has 0 fully saturated rings. The van der Waals surface area contributed by atoms with Crippen molar-refractivity contribution in [2.45, 2.75) is 89.5 Å². The average Bonchev–Trinajstić information content (AvgIpc) is 2.34. The van der Waals surface area contributed by atoms with Crippen molar-refractivity contribution in [3.63, 3.8) is 0 Å². The van der Waals surface area contributed by atoms with Gasteiger partial charge in [-0.3, -0.25) is 4.79 Å². The molecule has 0 aliphatic carbocycles. The van der Waals surface area contributed by atoms with Gasteiger partial charge < -0.3 is 5.11 Å². The highest BCUT2D eigenvalue weighted by atomic mass is 28.1. The first-order valence-electron chi connectivity index (χ1n) is 7.63. The molecule has 0 saturated heterocycles. The lowest BCUT2D eigenvalue weighted by Crippen LogP contribution is -1.93. The fourth-order valence-corrected chi connectivity index (χ4v) is 2.42. The van der Waals surface area contributed by atoms with Crippen LogP contribution in [0.15, 0.2) is 0 Å². The van der Waals surface area contributed by atoms with E-state index in [2.05, 4.69) is 10.2 Å². The summed E-state index contributed by atoms with van der Waals surface area (Å²) in [6.45, 7) is 0. The third-order valence-electron chi connectivity index (χ3n) is 3.32. The van der Waals surface area contributed by atoms with Gasteiger partial charge in [0.05, 0.1) is 0 Å². The van der Waals surface area contributed by atoms with Crippen LogP contribution in [0.25, 0.3) is 0 Å². The quantitative estimate of drug-likeness (QED) is 0.366. The topological polar surface area (TPSA) is 37.3 Å². The van der Waals surface area contributed by atoms with E-state index >= 15 is 0 Å². The summed E-state index contributed by atoms with van der Waals surface area (Å²) in [6, 6.07) is 1.14. The molecule has 0 aromatic carbocycles. The van der Waals surface area contributed by atoms with Crippen LogP contribution in [0.5, 0.6) is 0 Å². The minimum absolute atomic E-state index is 0.342. The first-order valence-corrected chi connectivity index (χ1v) is 8.34. The number of carboxylic acid groups (broad SMARTS) is 1. The molecular formula is C15H29O2Si. The Hall–Kier alpha value is -0.313. The number of aliphatic carboxylic acids is 1. The molecule has 0 atom stereocenters. The molecule has 0 aliphatic heterocycles. The zero-order valence-corrected chi connectivity index (χ0v) is 12.8. The average molecular weight is 269 g/mol. The summed E-state index contributed by atoms with van der Waals surface area (Å²) in [4.78, 5) is 10.3. The van der Waals surface area contributed by atoms with Crippen molar-refractivity contribution in [1.29, 1.82) is 0 Å². The maximum atomic E-state index is 10.3. The van der Waals surface area contributed by atoms with Gasteiger partial charge >= 0.3 is 5.97 Å². The molecule has 0 spiro atoms. The van der Waals surface area contributed by atoms with Gasteiger partial charge in [-0.05, 0) is 6.42 Å². The first-order chi connectivity index (χ1) is 8.77. The molecule has 0 aliphatic rings. The SMILES string of the molecule is O=C(O)CCCCCCCCCCCCCC[Si]. The van der Waals surface area contributed by atoms with Crippen molar-refractivity contribution < 1.29 is 9.90 Å². The van der Waals surface area contributed by atoms with Crippen LogP contribution in [-0.2, 0) is 4.79 Å². The molecule has 18 heavy (non-hydrogen) atoms. The second kappa shape index (κ2) is 14.7. The summed E-state index contributed by atoms with van der Waals surface area (Å²) in [7, 11) is 3.50. The Balaban J connectivity index is 2.92. The van der Waals surface area contributed by atoms with Crippen LogP contribution >= 0.6 is 0 Å². The van der Waals surface area contributed by atoms with Crippen molar-refractivity contribution in [3.05, 3.63) is 0 Å². The molecule has 0 rings (SSSR count). The predicted octanol–water partition coefficient (Wildman–Crippen LogP) is 4.73. The molecule has 0 unspecified atom stereocenters. The molecule has 3 radical (unpaired) electrons. The van der Waals surface area contributed by atoms with Gasteiger partial charge in [-0.1, -0.05) is 76.7 Å². The minimum Gasteiger partial charge on any atom is -0.481 e. The lowest BCUT2D eigenvalue weighted by molar-refractivity contribution is -0.137. The van der Waals surface area contributed by atoms with Gasteiger partial charge in [-0.15, -0.1) is 0 Å². The van der Waals surface area contributed by atoms with E-state index in [9.17, 15) is 4.79 Å². The van der Waals surface area contributed by atoms with Gasteiger partial charge in [0.25, 0.3) is 0 Å². The molecule has 1 N–H and O–H groups in total. The third kappa shape index (κ3) is 15.7. The Labute approximate surface area is 116 Å². The van der Waals surface area contributed by atoms with E-state index in [1.807, 2.05) is 0 Å². The van der Waals surface area contributed by atoms with E-state index in [0.29, 0.717) is 6.42 Å². The second-order valence-corrected chi connectivity index (χ2v) is 5.64. The van der Waals surface area contributed by atoms with Crippen LogP contribution in [0.2, 0.25) is 6.04 Å². The molecule has 0 saturated carbocycles. The minimum atomic E-state index is -0.658. The maximum absolute atomic E-state index is 10.3. The Morgan fingerprint density at radius 3 is 1.33 bits per heavy atom. The van der Waals surface area contributed by atoms with Crippen LogP contribution in [0.1, 0.15) is 83.5 Å². The van der Waals surface area contributed by atoms with Crippen LogP contribution < -0.4 is 0 Å². The van der Waals surface area contributed by atoms with Crippen molar-refractivity contribution in [1.82, 2.24) is 0 Å². The summed E-state index contributed by atoms with van der Waals surface area (Å²) in [5, 5.41) is 8.49. The highest BCUT2D eigenvalue weighted by Gasteiger charge is 1.96. The summed E-state index contributed by atoms with van der Waals surface area (Å²) in [6.07, 6.45) is 15.7. The van der Waals surface area contributed by atoms with E-state index in [1.165, 1.54) is 64.2 Å². The molecule has 0 heterocycles. The van der Waals surface area contributed by atoms with Crippen LogP contribution in [0.4, 0.5) is 0 Å². The lowest BCUT2D eigenvalue weighted by atomic mass is 10.0. The largest absolute Gasteiger partial charge is 0.481 e. The van der Waals surface area contributed by atoms with Crippen LogP contribution in [0.3, 0.4) is 0 Å². The molecule has 105 valence electrons. The Morgan fingerprint density at radius 2 is 1.00 bits per heavy atom. The summed E-state index contributed by atoms with van der Waals surface area (Å²) < 4.78 is 0. The molecule has 2 nitrogen and oxygen atoms in total. The zero-order valence-electron chi connectivity index (χ0n) is 11.8. The summed E-state index contributed by atoms with van der Waals surface area (Å²) in [5.41, 5.74) is 0. The number of carboxylic acids is 1. The van der Waals surface area contributed by atoms with Crippen molar-refractivity contribution in [2.24, 2.45) is 0 Å². The van der Waals surface area contributed by atoms with Crippen molar-refractivity contribution in [3.8, 4) is 0 Å². The normalized spacial score (nSPS) is 10.7. The van der Waals surface area contributed by atoms with Crippen molar-refractivity contribution >= 4 is 16.2 Å². The Morgan fingerprint density at radius 1 is 0.667 bits per heavy atom. The van der Waals surface area contributed by atoms with E-state index < -0.39 is 5.97 Å². The van der Waals surface area contributed by atoms with Gasteiger partial charge in [-0.2, -0.15) is 0 Å². The van der Waals surface area contributed by atoms with Gasteiger partial charge in [0, 0.05) is 16.7 Å². The predicted molar refractivity (Wildman–Crippen MR) is 78.2 cm³/mol. The molecule has 0 aromatic heterocycles. The van der Waals surface area contributed by atoms with E-state index in [0.717, 1.165) is 18.9 Å². The van der Waals surface area contributed by atoms with Gasteiger partial charge in [-0.25, -0.2) is 0 Å². The van der Waals surface area contributed by atoms with E-state index in [1.54, 1.807) is 0 Å². The molecule has 0 aromatic rings. The molecule has 0 bridgehead atoms. The molecule has 0 amide bonds. The van der Waals surface area contributed by atoms with E-state index in [-0.39, 0.29) is 0 Å². The van der Waals surface area contributed by atoms with Crippen molar-refractivity contribution in [2.75, 3.05) is 0 Å². The first kappa shape index (κ1) is 17.7. The number of unbranched alkanes of at least 4 members (excludes halogenated alkanes) is 11. The smallest absolute Gasteiger partial charge is 0.303 e. The maximum Gasteiger partial charge on any atom is 0.303 e. The standard InChI is InChI=1S/C15H29O2Si/c16-15(17)13-11-9-7-5-3-1-2-4-6-8-10-12-14-18/h1-14H2,(H,16,17). The van der Waals surface area contributed by atoms with Gasteiger partial charge in [0.15, 0.2) is 0 Å². The highest BCUT2D eigenvalue weighted by Crippen LogP contribution is 2.12. The highest BCUT2D eigenvalue weighted by molar-refractivity contribution is 6.08. The zero-order chi connectivity index (χ0) is 13.5. The number of carbonyl (C=O) groups is 1. The fraction of sp³-hybridized carbons (Fsp3) is 0.933. The number of hydrogen-bond acceptors (Lipinski definition) is 1. The van der Waals surface area contributed by atoms with Gasteiger partial charge in [0.2, 0.25) is 0 Å². The number of hydrogen-bond donors (Lipinski definition) is 1. The van der Waals surface area contributed by atoms with Crippen LogP contribution in [0, 0.1) is 0 Å². The van der Waals surface area contributed by atoms with Crippen LogP contribution in [-0.4, -0.2) is 21.3 Å². The summed E-state index contributed by atoms with van der Waals surface area (Å²) >= 11 is 0.